The quantitative estimate of drug-likeness (QED) is 0.713. The van der Waals surface area contributed by atoms with E-state index in [9.17, 15) is 18.0 Å². The summed E-state index contributed by atoms with van der Waals surface area (Å²) in [7, 11) is -3.08. The summed E-state index contributed by atoms with van der Waals surface area (Å²) in [6, 6.07) is 5.68. The highest BCUT2D eigenvalue weighted by Crippen LogP contribution is 2.44. The molecule has 1 aromatic carbocycles. The van der Waals surface area contributed by atoms with E-state index < -0.39 is 15.3 Å². The number of benzene rings is 1. The maximum atomic E-state index is 12.3. The van der Waals surface area contributed by atoms with Crippen LogP contribution in [0.15, 0.2) is 30.6 Å². The van der Waals surface area contributed by atoms with Crippen LogP contribution >= 0.6 is 11.6 Å². The molecule has 3 aliphatic heterocycles. The molecule has 0 aliphatic carbocycles. The topological polar surface area (TPSA) is 96.4 Å². The normalized spacial score (nSPS) is 21.7. The number of halogens is 1. The van der Waals surface area contributed by atoms with Crippen LogP contribution in [0.5, 0.6) is 0 Å². The van der Waals surface area contributed by atoms with Crippen LogP contribution in [0.4, 0.5) is 5.69 Å². The first-order chi connectivity index (χ1) is 14.3. The number of nitrogens with one attached hydrogen (secondary N) is 1. The molecule has 5 rings (SSSR count). The van der Waals surface area contributed by atoms with Crippen LogP contribution in [-0.2, 0) is 30.9 Å². The van der Waals surface area contributed by atoms with E-state index in [2.05, 4.69) is 15.2 Å². The Hall–Kier alpha value is -2.45. The zero-order chi connectivity index (χ0) is 21.1. The number of amides is 2. The van der Waals surface area contributed by atoms with Gasteiger partial charge in [-0.15, -0.1) is 0 Å². The fourth-order valence-electron chi connectivity index (χ4n) is 4.81. The Morgan fingerprint density at radius 2 is 1.80 bits per heavy atom. The van der Waals surface area contributed by atoms with Crippen molar-refractivity contribution in [2.45, 2.75) is 30.8 Å². The van der Waals surface area contributed by atoms with E-state index in [0.717, 1.165) is 27.9 Å². The van der Waals surface area contributed by atoms with E-state index in [1.54, 1.807) is 12.4 Å². The number of pyridine rings is 1. The van der Waals surface area contributed by atoms with Crippen LogP contribution in [-0.4, -0.2) is 38.3 Å². The van der Waals surface area contributed by atoms with E-state index >= 15 is 0 Å². The minimum absolute atomic E-state index is 0.0505. The van der Waals surface area contributed by atoms with Crippen molar-refractivity contribution in [1.82, 2.24) is 10.3 Å². The maximum absolute atomic E-state index is 12.3. The van der Waals surface area contributed by atoms with Crippen molar-refractivity contribution in [3.8, 4) is 11.1 Å². The van der Waals surface area contributed by atoms with Gasteiger partial charge in [0.1, 0.15) is 0 Å². The van der Waals surface area contributed by atoms with E-state index in [1.165, 1.54) is 0 Å². The summed E-state index contributed by atoms with van der Waals surface area (Å²) in [5, 5.41) is 2.93. The molecule has 0 saturated carbocycles. The van der Waals surface area contributed by atoms with Crippen LogP contribution < -0.4 is 10.2 Å². The van der Waals surface area contributed by atoms with Gasteiger partial charge in [0.2, 0.25) is 11.8 Å². The van der Waals surface area contributed by atoms with E-state index in [0.29, 0.717) is 31.0 Å². The van der Waals surface area contributed by atoms with Gasteiger partial charge in [0.15, 0.2) is 9.84 Å². The van der Waals surface area contributed by atoms with Crippen LogP contribution in [0.3, 0.4) is 0 Å². The SMILES string of the molecule is O=C1CC2(CCN(c3c(Cl)cncc3-c3ccc4c(c3)CS(=O)(=O)C4)CC2)C(=O)N1. The number of imide groups is 1. The molecule has 9 heteroatoms. The number of piperidine rings is 1. The molecule has 2 aromatic rings. The van der Waals surface area contributed by atoms with Gasteiger partial charge in [0, 0.05) is 37.5 Å². The number of sulfone groups is 1. The first kappa shape index (κ1) is 19.5. The van der Waals surface area contributed by atoms with Crippen molar-refractivity contribution in [3.05, 3.63) is 46.7 Å². The highest BCUT2D eigenvalue weighted by atomic mass is 35.5. The van der Waals surface area contributed by atoms with Gasteiger partial charge in [0.05, 0.1) is 27.6 Å². The Bertz CT molecular complexity index is 1190. The van der Waals surface area contributed by atoms with Gasteiger partial charge in [-0.3, -0.25) is 19.9 Å². The van der Waals surface area contributed by atoms with Gasteiger partial charge in [-0.2, -0.15) is 0 Å². The van der Waals surface area contributed by atoms with Gasteiger partial charge in [-0.25, -0.2) is 8.42 Å². The zero-order valence-corrected chi connectivity index (χ0v) is 17.7. The average Bonchev–Trinajstić information content (AvgIpc) is 3.15. The number of hydrogen-bond acceptors (Lipinski definition) is 6. The molecule has 1 spiro atoms. The molecule has 0 bridgehead atoms. The van der Waals surface area contributed by atoms with Gasteiger partial charge in [-0.05, 0) is 35.6 Å². The first-order valence-electron chi connectivity index (χ1n) is 9.82. The third-order valence-electron chi connectivity index (χ3n) is 6.41. The van der Waals surface area contributed by atoms with E-state index in [1.807, 2.05) is 18.2 Å². The van der Waals surface area contributed by atoms with Crippen molar-refractivity contribution in [2.75, 3.05) is 18.0 Å². The molecule has 3 aliphatic rings. The highest BCUT2D eigenvalue weighted by molar-refractivity contribution is 7.90. The lowest BCUT2D eigenvalue weighted by Crippen LogP contribution is -2.44. The number of carbonyl (C=O) groups is 2. The summed E-state index contributed by atoms with van der Waals surface area (Å²) in [5.41, 5.74) is 3.56. The fourth-order valence-corrected chi connectivity index (χ4v) is 6.69. The van der Waals surface area contributed by atoms with Crippen LogP contribution in [0.1, 0.15) is 30.4 Å². The molecule has 156 valence electrons. The smallest absolute Gasteiger partial charge is 0.233 e. The predicted octanol–water partition coefficient (Wildman–Crippen LogP) is 2.46. The van der Waals surface area contributed by atoms with Crippen molar-refractivity contribution >= 4 is 38.9 Å². The van der Waals surface area contributed by atoms with Gasteiger partial charge < -0.3 is 4.90 Å². The lowest BCUT2D eigenvalue weighted by Gasteiger charge is -2.39. The molecule has 4 heterocycles. The summed E-state index contributed by atoms with van der Waals surface area (Å²) in [6.45, 7) is 1.19. The van der Waals surface area contributed by atoms with E-state index in [4.69, 9.17) is 11.6 Å². The molecule has 7 nitrogen and oxygen atoms in total. The molecular formula is C21H20ClN3O4S. The summed E-state index contributed by atoms with van der Waals surface area (Å²) in [4.78, 5) is 30.4. The molecule has 1 N–H and O–H groups in total. The fraction of sp³-hybridized carbons (Fsp3) is 0.381. The minimum Gasteiger partial charge on any atom is -0.370 e. The number of anilines is 1. The second kappa shape index (κ2) is 6.78. The number of carbonyl (C=O) groups excluding carboxylic acids is 2. The molecule has 30 heavy (non-hydrogen) atoms. The number of rotatable bonds is 2. The van der Waals surface area contributed by atoms with Crippen molar-refractivity contribution < 1.29 is 18.0 Å². The van der Waals surface area contributed by atoms with E-state index in [-0.39, 0.29) is 29.7 Å². The standard InChI is InChI=1S/C21H20ClN3O4S/c22-17-10-23-9-16(13-1-2-14-11-30(28,29)12-15(14)7-13)19(17)25-5-3-21(4-6-25)8-18(26)24-20(21)27/h1-2,7,9-10H,3-6,8,11-12H2,(H,24,26,27). The number of fused-ring (bicyclic) bond motifs is 1. The maximum Gasteiger partial charge on any atom is 0.233 e. The Kier molecular flexibility index (Phi) is 4.41. The van der Waals surface area contributed by atoms with Gasteiger partial charge in [0.25, 0.3) is 0 Å². The first-order valence-corrected chi connectivity index (χ1v) is 12.0. The summed E-state index contributed by atoms with van der Waals surface area (Å²) in [6.07, 6.45) is 4.73. The van der Waals surface area contributed by atoms with Crippen LogP contribution in [0.25, 0.3) is 11.1 Å². The summed E-state index contributed by atoms with van der Waals surface area (Å²) < 4.78 is 24.0. The molecule has 2 amide bonds. The van der Waals surface area contributed by atoms with Crippen LogP contribution in [0, 0.1) is 5.41 Å². The lowest BCUT2D eigenvalue weighted by molar-refractivity contribution is -0.129. The lowest BCUT2D eigenvalue weighted by atomic mass is 9.77. The zero-order valence-electron chi connectivity index (χ0n) is 16.2. The molecule has 0 radical (unpaired) electrons. The Balaban J connectivity index is 1.47. The molecule has 2 saturated heterocycles. The molecule has 2 fully saturated rings. The minimum atomic E-state index is -3.08. The molecule has 0 unspecified atom stereocenters. The second-order valence-corrected chi connectivity index (χ2v) is 10.8. The Morgan fingerprint density at radius 1 is 1.07 bits per heavy atom. The molecule has 1 aromatic heterocycles. The monoisotopic (exact) mass is 445 g/mol. The third-order valence-corrected chi connectivity index (χ3v) is 8.19. The molecule has 0 atom stereocenters. The average molecular weight is 446 g/mol. The number of aromatic nitrogens is 1. The summed E-state index contributed by atoms with van der Waals surface area (Å²) >= 11 is 6.54. The predicted molar refractivity (Wildman–Crippen MR) is 113 cm³/mol. The third kappa shape index (κ3) is 3.18. The van der Waals surface area contributed by atoms with Crippen molar-refractivity contribution in [2.24, 2.45) is 5.41 Å². The van der Waals surface area contributed by atoms with Gasteiger partial charge in [-0.1, -0.05) is 23.7 Å². The summed E-state index contributed by atoms with van der Waals surface area (Å²) in [5.74, 6) is -0.246. The highest BCUT2D eigenvalue weighted by Gasteiger charge is 2.48. The van der Waals surface area contributed by atoms with Crippen LogP contribution in [0.2, 0.25) is 5.02 Å². The van der Waals surface area contributed by atoms with Crippen molar-refractivity contribution in [1.29, 1.82) is 0 Å². The Labute approximate surface area is 179 Å². The second-order valence-electron chi connectivity index (χ2n) is 8.35. The number of nitrogens with zero attached hydrogens (tertiary/aromatic N) is 2. The largest absolute Gasteiger partial charge is 0.370 e. The Morgan fingerprint density at radius 3 is 2.50 bits per heavy atom. The number of hydrogen-bond donors (Lipinski definition) is 1. The van der Waals surface area contributed by atoms with Gasteiger partial charge >= 0.3 is 0 Å². The molecular weight excluding hydrogens is 426 g/mol. The van der Waals surface area contributed by atoms with Crippen molar-refractivity contribution in [3.63, 3.8) is 0 Å².